The van der Waals surface area contributed by atoms with Crippen molar-refractivity contribution < 1.29 is 14.3 Å². The minimum atomic E-state index is -0.406. The molecule has 1 heterocycles. The highest BCUT2D eigenvalue weighted by atomic mass is 35.5. The van der Waals surface area contributed by atoms with Gasteiger partial charge in [0.25, 0.3) is 0 Å². The number of benzene rings is 1. The number of rotatable bonds is 6. The maximum Gasteiger partial charge on any atom is 0.247 e. The molecule has 0 aliphatic carbocycles. The normalized spacial score (nSPS) is 17.5. The number of carbonyl (C=O) groups is 2. The van der Waals surface area contributed by atoms with Crippen LogP contribution in [-0.4, -0.2) is 35.9 Å². The number of ether oxygens (including phenoxy) is 1. The predicted octanol–water partition coefficient (Wildman–Crippen LogP) is 4.10. The van der Waals surface area contributed by atoms with Gasteiger partial charge in [-0.25, -0.2) is 0 Å². The molecule has 2 amide bonds. The summed E-state index contributed by atoms with van der Waals surface area (Å²) < 4.78 is 5.64. The van der Waals surface area contributed by atoms with E-state index in [9.17, 15) is 9.59 Å². The van der Waals surface area contributed by atoms with E-state index in [0.29, 0.717) is 48.4 Å². The van der Waals surface area contributed by atoms with E-state index in [1.807, 2.05) is 6.92 Å². The molecule has 5 nitrogen and oxygen atoms in total. The molecular formula is C19H27ClN2O3. The SMILES string of the molecule is CCC(=O)N1CCCCC1C(=O)Nc1ccc(OCC(C)C)c(Cl)c1. The fraction of sp³-hybridized carbons (Fsp3) is 0.579. The number of anilines is 1. The number of nitrogens with zero attached hydrogens (tertiary/aromatic N) is 1. The number of carbonyl (C=O) groups excluding carboxylic acids is 2. The molecule has 1 atom stereocenters. The molecule has 1 aliphatic rings. The Balaban J connectivity index is 2.04. The van der Waals surface area contributed by atoms with Gasteiger partial charge in [0.2, 0.25) is 11.8 Å². The average molecular weight is 367 g/mol. The quantitative estimate of drug-likeness (QED) is 0.824. The van der Waals surface area contributed by atoms with Crippen LogP contribution in [0.1, 0.15) is 46.5 Å². The van der Waals surface area contributed by atoms with Crippen molar-refractivity contribution in [1.29, 1.82) is 0 Å². The molecule has 1 aliphatic heterocycles. The van der Waals surface area contributed by atoms with Crippen molar-refractivity contribution in [3.8, 4) is 5.75 Å². The van der Waals surface area contributed by atoms with Crippen LogP contribution in [0.3, 0.4) is 0 Å². The smallest absolute Gasteiger partial charge is 0.247 e. The molecule has 0 radical (unpaired) electrons. The van der Waals surface area contributed by atoms with E-state index in [2.05, 4.69) is 19.2 Å². The molecule has 25 heavy (non-hydrogen) atoms. The van der Waals surface area contributed by atoms with Crippen molar-refractivity contribution in [2.75, 3.05) is 18.5 Å². The van der Waals surface area contributed by atoms with Gasteiger partial charge in [-0.15, -0.1) is 0 Å². The summed E-state index contributed by atoms with van der Waals surface area (Å²) in [4.78, 5) is 26.4. The van der Waals surface area contributed by atoms with Crippen LogP contribution in [0.15, 0.2) is 18.2 Å². The Bertz CT molecular complexity index is 619. The Hall–Kier alpha value is -1.75. The summed E-state index contributed by atoms with van der Waals surface area (Å²) in [5.41, 5.74) is 0.612. The first-order valence-corrected chi connectivity index (χ1v) is 9.32. The van der Waals surface area contributed by atoms with Crippen molar-refractivity contribution in [3.05, 3.63) is 23.2 Å². The minimum absolute atomic E-state index is 0.0234. The van der Waals surface area contributed by atoms with Crippen LogP contribution in [0, 0.1) is 5.92 Å². The van der Waals surface area contributed by atoms with Crippen LogP contribution in [0.5, 0.6) is 5.75 Å². The zero-order valence-corrected chi connectivity index (χ0v) is 15.9. The first-order chi connectivity index (χ1) is 11.9. The second-order valence-electron chi connectivity index (χ2n) is 6.79. The first kappa shape index (κ1) is 19.6. The molecule has 138 valence electrons. The van der Waals surface area contributed by atoms with Crippen molar-refractivity contribution in [2.24, 2.45) is 5.92 Å². The number of piperidine rings is 1. The summed E-state index contributed by atoms with van der Waals surface area (Å²) in [5, 5.41) is 3.34. The molecule has 0 bridgehead atoms. The third-order valence-electron chi connectivity index (χ3n) is 4.20. The van der Waals surface area contributed by atoms with Gasteiger partial charge in [0.05, 0.1) is 11.6 Å². The second kappa shape index (κ2) is 9.09. The molecule has 1 aromatic carbocycles. The lowest BCUT2D eigenvalue weighted by molar-refractivity contribution is -0.140. The highest BCUT2D eigenvalue weighted by Gasteiger charge is 2.31. The summed E-state index contributed by atoms with van der Waals surface area (Å²) in [6.07, 6.45) is 3.01. The predicted molar refractivity (Wildman–Crippen MR) is 100 cm³/mol. The van der Waals surface area contributed by atoms with Gasteiger partial charge in [0.1, 0.15) is 11.8 Å². The molecule has 1 aromatic rings. The molecule has 1 fully saturated rings. The largest absolute Gasteiger partial charge is 0.492 e. The molecule has 1 N–H and O–H groups in total. The van der Waals surface area contributed by atoms with E-state index in [4.69, 9.17) is 16.3 Å². The summed E-state index contributed by atoms with van der Waals surface area (Å²) in [6.45, 7) is 7.18. The molecular weight excluding hydrogens is 340 g/mol. The zero-order chi connectivity index (χ0) is 18.4. The van der Waals surface area contributed by atoms with Gasteiger partial charge in [-0.1, -0.05) is 32.4 Å². The Morgan fingerprint density at radius 1 is 1.36 bits per heavy atom. The van der Waals surface area contributed by atoms with E-state index in [0.717, 1.165) is 12.8 Å². The van der Waals surface area contributed by atoms with Crippen LogP contribution in [-0.2, 0) is 9.59 Å². The molecule has 6 heteroatoms. The molecule has 0 saturated carbocycles. The number of amides is 2. The van der Waals surface area contributed by atoms with Crippen molar-refractivity contribution in [1.82, 2.24) is 4.90 Å². The number of nitrogens with one attached hydrogen (secondary N) is 1. The summed E-state index contributed by atoms with van der Waals surface area (Å²) in [7, 11) is 0. The van der Waals surface area contributed by atoms with E-state index >= 15 is 0 Å². The molecule has 0 aromatic heterocycles. The lowest BCUT2D eigenvalue weighted by Crippen LogP contribution is -2.49. The van der Waals surface area contributed by atoms with Gasteiger partial charge >= 0.3 is 0 Å². The van der Waals surface area contributed by atoms with E-state index in [1.165, 1.54) is 0 Å². The number of hydrogen-bond donors (Lipinski definition) is 1. The fourth-order valence-corrected chi connectivity index (χ4v) is 3.12. The molecule has 1 saturated heterocycles. The Kier molecular flexibility index (Phi) is 7.12. The lowest BCUT2D eigenvalue weighted by atomic mass is 10.0. The highest BCUT2D eigenvalue weighted by molar-refractivity contribution is 6.32. The summed E-state index contributed by atoms with van der Waals surface area (Å²) in [5.74, 6) is 0.876. The van der Waals surface area contributed by atoms with Gasteiger partial charge in [-0.05, 0) is 43.4 Å². The van der Waals surface area contributed by atoms with Crippen LogP contribution >= 0.6 is 11.6 Å². The van der Waals surface area contributed by atoms with Gasteiger partial charge in [0.15, 0.2) is 0 Å². The van der Waals surface area contributed by atoms with Crippen molar-refractivity contribution >= 4 is 29.1 Å². The topological polar surface area (TPSA) is 58.6 Å². The summed E-state index contributed by atoms with van der Waals surface area (Å²) >= 11 is 6.24. The third-order valence-corrected chi connectivity index (χ3v) is 4.50. The third kappa shape index (κ3) is 5.36. The van der Waals surface area contributed by atoms with Crippen LogP contribution in [0.2, 0.25) is 5.02 Å². The van der Waals surface area contributed by atoms with Crippen molar-refractivity contribution in [2.45, 2.75) is 52.5 Å². The van der Waals surface area contributed by atoms with Gasteiger partial charge in [0, 0.05) is 18.7 Å². The Morgan fingerprint density at radius 3 is 2.76 bits per heavy atom. The number of halogens is 1. The van der Waals surface area contributed by atoms with E-state index in [1.54, 1.807) is 23.1 Å². The zero-order valence-electron chi connectivity index (χ0n) is 15.2. The average Bonchev–Trinajstić information content (AvgIpc) is 2.60. The lowest BCUT2D eigenvalue weighted by Gasteiger charge is -2.34. The molecule has 0 spiro atoms. The van der Waals surface area contributed by atoms with Gasteiger partial charge < -0.3 is 15.0 Å². The molecule has 2 rings (SSSR count). The monoisotopic (exact) mass is 366 g/mol. The fourth-order valence-electron chi connectivity index (χ4n) is 2.88. The van der Waals surface area contributed by atoms with E-state index in [-0.39, 0.29) is 11.8 Å². The second-order valence-corrected chi connectivity index (χ2v) is 7.20. The minimum Gasteiger partial charge on any atom is -0.492 e. The maximum atomic E-state index is 12.6. The highest BCUT2D eigenvalue weighted by Crippen LogP contribution is 2.28. The van der Waals surface area contributed by atoms with Crippen molar-refractivity contribution in [3.63, 3.8) is 0 Å². The van der Waals surface area contributed by atoms with Crippen LogP contribution in [0.25, 0.3) is 0 Å². The van der Waals surface area contributed by atoms with Crippen LogP contribution in [0.4, 0.5) is 5.69 Å². The standard InChI is InChI=1S/C19H27ClN2O3/c1-4-18(23)22-10-6-5-7-16(22)19(24)21-14-8-9-17(15(20)11-14)25-12-13(2)3/h8-9,11,13,16H,4-7,10,12H2,1-3H3,(H,21,24). The Morgan fingerprint density at radius 2 is 2.12 bits per heavy atom. The summed E-state index contributed by atoms with van der Waals surface area (Å²) in [6, 6.07) is 4.81. The van der Waals surface area contributed by atoms with Gasteiger partial charge in [-0.3, -0.25) is 9.59 Å². The van der Waals surface area contributed by atoms with Gasteiger partial charge in [-0.2, -0.15) is 0 Å². The van der Waals surface area contributed by atoms with Crippen LogP contribution < -0.4 is 10.1 Å². The Labute approximate surface area is 154 Å². The maximum absolute atomic E-state index is 12.6. The van der Waals surface area contributed by atoms with E-state index < -0.39 is 6.04 Å². The number of hydrogen-bond acceptors (Lipinski definition) is 3. The first-order valence-electron chi connectivity index (χ1n) is 8.95. The number of likely N-dealkylation sites (tertiary alicyclic amines) is 1. The molecule has 1 unspecified atom stereocenters.